The molecule has 222 valence electrons. The molecule has 0 radical (unpaired) electrons. The molecule has 47 heavy (non-hydrogen) atoms. The van der Waals surface area contributed by atoms with Gasteiger partial charge in [-0.1, -0.05) is 123 Å². The Balaban J connectivity index is 1.10. The average Bonchev–Trinajstić information content (AvgIpc) is 3.74. The smallest absolute Gasteiger partial charge is 0.0544 e. The van der Waals surface area contributed by atoms with Gasteiger partial charge in [-0.05, 0) is 81.4 Å². The van der Waals surface area contributed by atoms with Crippen molar-refractivity contribution in [3.8, 4) is 39.1 Å². The summed E-state index contributed by atoms with van der Waals surface area (Å²) in [6.07, 6.45) is 0. The summed E-state index contributed by atoms with van der Waals surface area (Å²) in [5.74, 6) is 0. The summed E-state index contributed by atoms with van der Waals surface area (Å²) in [5.41, 5.74) is 16.4. The van der Waals surface area contributed by atoms with Gasteiger partial charge >= 0.3 is 0 Å². The van der Waals surface area contributed by atoms with E-state index in [9.17, 15) is 0 Å². The fraction of sp³-hybridized carbons (Fsp3) is 0.0667. The second-order valence-corrected chi connectivity index (χ2v) is 13.5. The first-order chi connectivity index (χ1) is 23.1. The maximum Gasteiger partial charge on any atom is 0.0544 e. The second kappa shape index (κ2) is 9.57. The highest BCUT2D eigenvalue weighted by atomic mass is 15.0. The monoisotopic (exact) mass is 600 g/mol. The quantitative estimate of drug-likeness (QED) is 0.208. The maximum absolute atomic E-state index is 3.80. The molecule has 2 heterocycles. The van der Waals surface area contributed by atoms with E-state index in [2.05, 4.69) is 175 Å². The normalized spacial score (nSPS) is 13.5. The zero-order chi connectivity index (χ0) is 31.3. The van der Waals surface area contributed by atoms with Crippen LogP contribution in [0.1, 0.15) is 25.0 Å². The van der Waals surface area contributed by atoms with Gasteiger partial charge in [0.15, 0.2) is 0 Å². The van der Waals surface area contributed by atoms with Crippen LogP contribution >= 0.6 is 0 Å². The van der Waals surface area contributed by atoms with Crippen LogP contribution in [0.25, 0.3) is 82.7 Å². The van der Waals surface area contributed by atoms with Gasteiger partial charge in [0.05, 0.1) is 16.6 Å². The molecule has 1 aliphatic rings. The molecule has 0 atom stereocenters. The molecule has 0 saturated carbocycles. The molecule has 0 bridgehead atoms. The van der Waals surface area contributed by atoms with Crippen LogP contribution in [-0.2, 0) is 5.41 Å². The number of aromatic nitrogens is 2. The summed E-state index contributed by atoms with van der Waals surface area (Å²) in [7, 11) is 0. The van der Waals surface area contributed by atoms with Gasteiger partial charge in [0, 0.05) is 43.7 Å². The Labute approximate surface area is 273 Å². The summed E-state index contributed by atoms with van der Waals surface area (Å²) >= 11 is 0. The SMILES string of the molecule is CC1(C)c2ccccc2-c2cc(-c3cccc(-c4cccc5c4[nH]c4ccc(-n6c7ccccc7c7ccccc76)cc45)c3)ccc21. The summed E-state index contributed by atoms with van der Waals surface area (Å²) in [4.78, 5) is 3.80. The van der Waals surface area contributed by atoms with Crippen LogP contribution in [0.3, 0.4) is 0 Å². The minimum atomic E-state index is 0.0129. The summed E-state index contributed by atoms with van der Waals surface area (Å²) in [6.45, 7) is 4.68. The molecule has 1 N–H and O–H groups in total. The van der Waals surface area contributed by atoms with Crippen molar-refractivity contribution in [2.24, 2.45) is 0 Å². The van der Waals surface area contributed by atoms with Gasteiger partial charge in [-0.25, -0.2) is 0 Å². The topological polar surface area (TPSA) is 20.7 Å². The van der Waals surface area contributed by atoms with E-state index in [0.29, 0.717) is 0 Å². The van der Waals surface area contributed by atoms with E-state index >= 15 is 0 Å². The first-order valence-electron chi connectivity index (χ1n) is 16.4. The molecule has 2 nitrogen and oxygen atoms in total. The van der Waals surface area contributed by atoms with Crippen molar-refractivity contribution < 1.29 is 0 Å². The largest absolute Gasteiger partial charge is 0.354 e. The van der Waals surface area contributed by atoms with Gasteiger partial charge in [-0.3, -0.25) is 0 Å². The van der Waals surface area contributed by atoms with Crippen molar-refractivity contribution in [2.75, 3.05) is 0 Å². The van der Waals surface area contributed by atoms with Crippen LogP contribution in [0.15, 0.2) is 152 Å². The number of nitrogens with one attached hydrogen (secondary N) is 1. The molecule has 7 aromatic carbocycles. The van der Waals surface area contributed by atoms with Crippen molar-refractivity contribution in [3.63, 3.8) is 0 Å². The third kappa shape index (κ3) is 3.73. The Morgan fingerprint density at radius 3 is 1.91 bits per heavy atom. The molecule has 2 heteroatoms. The molecular weight excluding hydrogens is 569 g/mol. The minimum absolute atomic E-state index is 0.0129. The molecule has 0 fully saturated rings. The van der Waals surface area contributed by atoms with E-state index in [1.165, 1.54) is 88.3 Å². The van der Waals surface area contributed by atoms with Gasteiger partial charge in [0.1, 0.15) is 0 Å². The zero-order valence-electron chi connectivity index (χ0n) is 26.4. The third-order valence-electron chi connectivity index (χ3n) is 10.5. The molecule has 9 aromatic rings. The van der Waals surface area contributed by atoms with E-state index < -0.39 is 0 Å². The Morgan fingerprint density at radius 2 is 1.09 bits per heavy atom. The van der Waals surface area contributed by atoms with Gasteiger partial charge in [0.2, 0.25) is 0 Å². The number of benzene rings is 7. The van der Waals surface area contributed by atoms with Crippen LogP contribution in [0.5, 0.6) is 0 Å². The lowest BCUT2D eigenvalue weighted by atomic mass is 9.82. The first-order valence-corrected chi connectivity index (χ1v) is 16.4. The van der Waals surface area contributed by atoms with Crippen LogP contribution in [0.4, 0.5) is 0 Å². The fourth-order valence-corrected chi connectivity index (χ4v) is 8.26. The highest BCUT2D eigenvalue weighted by Crippen LogP contribution is 2.49. The number of nitrogens with zero attached hydrogens (tertiary/aromatic N) is 1. The zero-order valence-corrected chi connectivity index (χ0v) is 26.4. The summed E-state index contributed by atoms with van der Waals surface area (Å²) < 4.78 is 2.40. The number of para-hydroxylation sites is 3. The highest BCUT2D eigenvalue weighted by molar-refractivity contribution is 6.13. The van der Waals surface area contributed by atoms with E-state index in [1.807, 2.05) is 0 Å². The van der Waals surface area contributed by atoms with Crippen molar-refractivity contribution in [2.45, 2.75) is 19.3 Å². The van der Waals surface area contributed by atoms with E-state index in [4.69, 9.17) is 0 Å². The van der Waals surface area contributed by atoms with Gasteiger partial charge < -0.3 is 9.55 Å². The van der Waals surface area contributed by atoms with Crippen LogP contribution in [0.2, 0.25) is 0 Å². The van der Waals surface area contributed by atoms with Gasteiger partial charge in [-0.15, -0.1) is 0 Å². The Bertz CT molecular complexity index is 2660. The molecule has 10 rings (SSSR count). The highest BCUT2D eigenvalue weighted by Gasteiger charge is 2.35. The summed E-state index contributed by atoms with van der Waals surface area (Å²) in [6, 6.07) is 55.8. The van der Waals surface area contributed by atoms with E-state index in [1.54, 1.807) is 0 Å². The van der Waals surface area contributed by atoms with Crippen LogP contribution in [0, 0.1) is 0 Å². The third-order valence-corrected chi connectivity index (χ3v) is 10.5. The molecule has 0 amide bonds. The lowest BCUT2D eigenvalue weighted by Gasteiger charge is -2.21. The van der Waals surface area contributed by atoms with E-state index in [0.717, 1.165) is 5.52 Å². The lowest BCUT2D eigenvalue weighted by molar-refractivity contribution is 0.660. The molecule has 0 saturated heterocycles. The van der Waals surface area contributed by atoms with Crippen molar-refractivity contribution in [1.29, 1.82) is 0 Å². The van der Waals surface area contributed by atoms with Crippen LogP contribution < -0.4 is 0 Å². The van der Waals surface area contributed by atoms with Crippen molar-refractivity contribution in [1.82, 2.24) is 9.55 Å². The van der Waals surface area contributed by atoms with Gasteiger partial charge in [0.25, 0.3) is 0 Å². The van der Waals surface area contributed by atoms with Crippen LogP contribution in [-0.4, -0.2) is 9.55 Å². The number of H-pyrrole nitrogens is 1. The average molecular weight is 601 g/mol. The van der Waals surface area contributed by atoms with Crippen molar-refractivity contribution >= 4 is 43.6 Å². The van der Waals surface area contributed by atoms with Gasteiger partial charge in [-0.2, -0.15) is 0 Å². The number of fused-ring (bicyclic) bond motifs is 9. The van der Waals surface area contributed by atoms with E-state index in [-0.39, 0.29) is 5.41 Å². The molecule has 0 spiro atoms. The standard InChI is InChI=1S/C45H32N2/c1-45(2)39-18-6-3-13-33(39)37-26-29(21-23-40(37)45)28-11-9-12-30(25-28)32-16-10-17-36-38-27-31(22-24-41(38)46-44(32)36)47-42-19-7-4-14-34(42)35-15-5-8-20-43(35)47/h3-27,46H,1-2H3. The maximum atomic E-state index is 3.80. The fourth-order valence-electron chi connectivity index (χ4n) is 8.26. The summed E-state index contributed by atoms with van der Waals surface area (Å²) in [5, 5.41) is 5.03. The number of hydrogen-bond donors (Lipinski definition) is 1. The Morgan fingerprint density at radius 1 is 0.447 bits per heavy atom. The second-order valence-electron chi connectivity index (χ2n) is 13.5. The number of aromatic amines is 1. The molecule has 0 unspecified atom stereocenters. The number of rotatable bonds is 3. The predicted octanol–water partition coefficient (Wildman–Crippen LogP) is 12.1. The first kappa shape index (κ1) is 26.4. The number of hydrogen-bond acceptors (Lipinski definition) is 0. The Kier molecular flexibility index (Phi) is 5.37. The predicted molar refractivity (Wildman–Crippen MR) is 199 cm³/mol. The molecular formula is C45H32N2. The molecule has 0 aliphatic heterocycles. The lowest BCUT2D eigenvalue weighted by Crippen LogP contribution is -2.14. The van der Waals surface area contributed by atoms with Crippen molar-refractivity contribution in [3.05, 3.63) is 163 Å². The Hall–Kier alpha value is -5.86. The molecule has 2 aromatic heterocycles. The minimum Gasteiger partial charge on any atom is -0.354 e. The molecule has 1 aliphatic carbocycles.